The quantitative estimate of drug-likeness (QED) is 0.672. The van der Waals surface area contributed by atoms with Gasteiger partial charge in [0.15, 0.2) is 0 Å². The molecule has 0 saturated carbocycles. The van der Waals surface area contributed by atoms with Crippen molar-refractivity contribution in [1.29, 1.82) is 5.26 Å². The highest BCUT2D eigenvalue weighted by Gasteiger charge is 2.09. The second-order valence-electron chi connectivity index (χ2n) is 3.73. The minimum absolute atomic E-state index is 0.780. The third kappa shape index (κ3) is 3.79. The smallest absolute Gasteiger partial charge is 0.101 e. The Morgan fingerprint density at radius 1 is 1.11 bits per heavy atom. The molecule has 0 aliphatic carbocycles. The van der Waals surface area contributed by atoms with Crippen LogP contribution in [0.5, 0.6) is 0 Å². The van der Waals surface area contributed by atoms with Crippen LogP contribution in [-0.4, -0.2) is 5.75 Å². The Balaban J connectivity index is 2.32. The predicted octanol–water partition coefficient (Wildman–Crippen LogP) is 5.58. The van der Waals surface area contributed by atoms with E-state index in [0.29, 0.717) is 0 Å². The Hall–Kier alpha value is -0.890. The van der Waals surface area contributed by atoms with Crippen molar-refractivity contribution in [2.45, 2.75) is 21.6 Å². The summed E-state index contributed by atoms with van der Waals surface area (Å²) in [5.41, 5.74) is 0.780. The van der Waals surface area contributed by atoms with Crippen molar-refractivity contribution in [2.24, 2.45) is 0 Å². The van der Waals surface area contributed by atoms with Crippen LogP contribution in [0.15, 0.2) is 61.6 Å². The van der Waals surface area contributed by atoms with Crippen LogP contribution in [0.1, 0.15) is 12.5 Å². The van der Waals surface area contributed by atoms with Gasteiger partial charge < -0.3 is 0 Å². The molecular formula is C15H12BrNS2. The van der Waals surface area contributed by atoms with Crippen LogP contribution < -0.4 is 0 Å². The summed E-state index contributed by atoms with van der Waals surface area (Å²) in [4.78, 5) is 3.22. The third-order valence-electron chi connectivity index (χ3n) is 2.44. The van der Waals surface area contributed by atoms with E-state index in [1.165, 1.54) is 0 Å². The van der Waals surface area contributed by atoms with Gasteiger partial charge in [-0.05, 0) is 42.2 Å². The normalized spacial score (nSPS) is 10.2. The van der Waals surface area contributed by atoms with Gasteiger partial charge in [0.25, 0.3) is 0 Å². The molecule has 0 aliphatic heterocycles. The molecule has 19 heavy (non-hydrogen) atoms. The Kier molecular flexibility index (Phi) is 5.38. The molecule has 0 aliphatic rings. The zero-order valence-corrected chi connectivity index (χ0v) is 13.6. The van der Waals surface area contributed by atoms with E-state index in [1.807, 2.05) is 30.3 Å². The highest BCUT2D eigenvalue weighted by atomic mass is 79.9. The molecule has 0 N–H and O–H groups in total. The second kappa shape index (κ2) is 7.04. The van der Waals surface area contributed by atoms with E-state index in [-0.39, 0.29) is 0 Å². The van der Waals surface area contributed by atoms with Gasteiger partial charge in [-0.3, -0.25) is 0 Å². The third-order valence-corrected chi connectivity index (χ3v) is 4.98. The fraction of sp³-hybridized carbons (Fsp3) is 0.133. The van der Waals surface area contributed by atoms with Crippen molar-refractivity contribution in [1.82, 2.24) is 0 Å². The predicted molar refractivity (Wildman–Crippen MR) is 85.8 cm³/mol. The molecule has 0 unspecified atom stereocenters. The van der Waals surface area contributed by atoms with Crippen LogP contribution >= 0.6 is 39.5 Å². The lowest BCUT2D eigenvalue weighted by atomic mass is 10.2. The van der Waals surface area contributed by atoms with E-state index in [0.717, 1.165) is 30.5 Å². The van der Waals surface area contributed by atoms with Gasteiger partial charge in [0.05, 0.1) is 5.56 Å². The van der Waals surface area contributed by atoms with E-state index < -0.39 is 0 Å². The second-order valence-corrected chi connectivity index (χ2v) is 7.07. The summed E-state index contributed by atoms with van der Waals surface area (Å²) in [7, 11) is 0. The zero-order chi connectivity index (χ0) is 13.7. The lowest BCUT2D eigenvalue weighted by molar-refractivity contribution is 1.25. The average Bonchev–Trinajstić information content (AvgIpc) is 2.42. The van der Waals surface area contributed by atoms with Gasteiger partial charge in [-0.1, -0.05) is 40.7 Å². The van der Waals surface area contributed by atoms with Gasteiger partial charge in [0.1, 0.15) is 6.07 Å². The zero-order valence-electron chi connectivity index (χ0n) is 10.4. The van der Waals surface area contributed by atoms with Gasteiger partial charge in [0, 0.05) is 19.2 Å². The van der Waals surface area contributed by atoms with Gasteiger partial charge in [-0.15, -0.1) is 11.8 Å². The van der Waals surface area contributed by atoms with E-state index in [9.17, 15) is 5.26 Å². The molecular weight excluding hydrogens is 338 g/mol. The van der Waals surface area contributed by atoms with Gasteiger partial charge in [-0.2, -0.15) is 5.26 Å². The van der Waals surface area contributed by atoms with E-state index in [1.54, 1.807) is 23.5 Å². The highest BCUT2D eigenvalue weighted by Crippen LogP contribution is 2.35. The molecule has 0 radical (unpaired) electrons. The molecule has 0 amide bonds. The topological polar surface area (TPSA) is 23.8 Å². The summed E-state index contributed by atoms with van der Waals surface area (Å²) in [6, 6.07) is 16.5. The van der Waals surface area contributed by atoms with Crippen molar-refractivity contribution in [3.8, 4) is 6.07 Å². The first-order valence-corrected chi connectivity index (χ1v) is 8.43. The van der Waals surface area contributed by atoms with Gasteiger partial charge in [-0.25, -0.2) is 0 Å². The lowest BCUT2D eigenvalue weighted by Gasteiger charge is -2.08. The summed E-state index contributed by atoms with van der Waals surface area (Å²) in [5, 5.41) is 9.36. The average molecular weight is 350 g/mol. The maximum Gasteiger partial charge on any atom is 0.101 e. The minimum Gasteiger partial charge on any atom is -0.192 e. The fourth-order valence-corrected chi connectivity index (χ4v) is 3.66. The number of hydrogen-bond donors (Lipinski definition) is 0. The molecule has 1 nitrogen and oxygen atoms in total. The van der Waals surface area contributed by atoms with Crippen LogP contribution in [0, 0.1) is 11.3 Å². The van der Waals surface area contributed by atoms with Crippen LogP contribution in [-0.2, 0) is 0 Å². The molecule has 2 rings (SSSR count). The van der Waals surface area contributed by atoms with Crippen molar-refractivity contribution < 1.29 is 0 Å². The molecule has 2 aromatic carbocycles. The maximum absolute atomic E-state index is 9.36. The molecule has 0 saturated heterocycles. The largest absolute Gasteiger partial charge is 0.192 e. The molecule has 96 valence electrons. The van der Waals surface area contributed by atoms with Crippen molar-refractivity contribution >= 4 is 39.5 Å². The van der Waals surface area contributed by atoms with Crippen LogP contribution in [0.25, 0.3) is 0 Å². The van der Waals surface area contributed by atoms with Crippen molar-refractivity contribution in [3.05, 3.63) is 52.5 Å². The number of thioether (sulfide) groups is 1. The summed E-state index contributed by atoms with van der Waals surface area (Å²) in [6.45, 7) is 2.10. The Labute approximate surface area is 130 Å². The van der Waals surface area contributed by atoms with Crippen LogP contribution in [0.4, 0.5) is 0 Å². The lowest BCUT2D eigenvalue weighted by Crippen LogP contribution is -1.86. The standard InChI is InChI=1S/C15H12BrNS2/c1-2-18-14-4-3-5-15(13(14)10-17)19-12-8-6-11(16)7-9-12/h3-9H,2H2,1H3. The molecule has 2 aromatic rings. The number of benzene rings is 2. The number of halogens is 1. The fourth-order valence-electron chi connectivity index (χ4n) is 1.61. The first-order valence-electron chi connectivity index (χ1n) is 5.84. The molecule has 0 heterocycles. The number of nitrogens with zero attached hydrogens (tertiary/aromatic N) is 1. The van der Waals surface area contributed by atoms with Crippen LogP contribution in [0.3, 0.4) is 0 Å². The van der Waals surface area contributed by atoms with E-state index in [4.69, 9.17) is 0 Å². The maximum atomic E-state index is 9.36. The van der Waals surface area contributed by atoms with Crippen LogP contribution in [0.2, 0.25) is 0 Å². The SMILES string of the molecule is CCSc1cccc(Sc2ccc(Br)cc2)c1C#N. The number of nitriles is 1. The first kappa shape index (κ1) is 14.5. The molecule has 4 heteroatoms. The first-order chi connectivity index (χ1) is 9.24. The molecule has 0 spiro atoms. The van der Waals surface area contributed by atoms with Crippen molar-refractivity contribution in [2.75, 3.05) is 5.75 Å². The van der Waals surface area contributed by atoms with Gasteiger partial charge in [0.2, 0.25) is 0 Å². The minimum atomic E-state index is 0.780. The summed E-state index contributed by atoms with van der Waals surface area (Å²) in [6.07, 6.45) is 0. The highest BCUT2D eigenvalue weighted by molar-refractivity contribution is 9.10. The van der Waals surface area contributed by atoms with Gasteiger partial charge >= 0.3 is 0 Å². The monoisotopic (exact) mass is 349 g/mol. The Morgan fingerprint density at radius 3 is 2.42 bits per heavy atom. The van der Waals surface area contributed by atoms with Crippen molar-refractivity contribution in [3.63, 3.8) is 0 Å². The number of hydrogen-bond acceptors (Lipinski definition) is 3. The molecule has 0 aromatic heterocycles. The Bertz CT molecular complexity index is 603. The molecule has 0 fully saturated rings. The van der Waals surface area contributed by atoms with E-state index in [2.05, 4.69) is 41.1 Å². The molecule has 0 bridgehead atoms. The Morgan fingerprint density at radius 2 is 1.79 bits per heavy atom. The molecule has 0 atom stereocenters. The summed E-state index contributed by atoms with van der Waals surface area (Å²) in [5.74, 6) is 0.973. The number of rotatable bonds is 4. The van der Waals surface area contributed by atoms with E-state index >= 15 is 0 Å². The summed E-state index contributed by atoms with van der Waals surface area (Å²) < 4.78 is 1.06. The summed E-state index contributed by atoms with van der Waals surface area (Å²) >= 11 is 6.77.